The van der Waals surface area contributed by atoms with E-state index in [1.165, 1.54) is 0 Å². The van der Waals surface area contributed by atoms with Gasteiger partial charge < -0.3 is 14.8 Å². The number of benzene rings is 1. The Balaban J connectivity index is 2.37. The summed E-state index contributed by atoms with van der Waals surface area (Å²) in [7, 11) is 5.13. The molecule has 0 fully saturated rings. The molecule has 1 N–H and O–H groups in total. The molecule has 2 rings (SSSR count). The van der Waals surface area contributed by atoms with Crippen LogP contribution in [0.5, 0.6) is 11.6 Å². The van der Waals surface area contributed by atoms with Crippen LogP contribution in [0.1, 0.15) is 0 Å². The normalized spacial score (nSPS) is 9.94. The van der Waals surface area contributed by atoms with Gasteiger partial charge in [-0.05, 0) is 23.8 Å². The van der Waals surface area contributed by atoms with Crippen LogP contribution in [0.25, 0.3) is 11.1 Å². The maximum absolute atomic E-state index is 5.34. The van der Waals surface area contributed by atoms with Crippen LogP contribution in [-0.2, 0) is 0 Å². The van der Waals surface area contributed by atoms with Crippen molar-refractivity contribution in [3.05, 3.63) is 36.5 Å². The Labute approximate surface area is 107 Å². The van der Waals surface area contributed by atoms with Gasteiger partial charge in [0, 0.05) is 24.9 Å². The minimum atomic E-state index is 0.609. The molecule has 0 saturated carbocycles. The number of ether oxygens (including phenoxy) is 2. The Hall–Kier alpha value is -2.23. The fourth-order valence-corrected chi connectivity index (χ4v) is 1.75. The van der Waals surface area contributed by atoms with Crippen LogP contribution >= 0.6 is 0 Å². The summed E-state index contributed by atoms with van der Waals surface area (Å²) in [6.45, 7) is 0. The van der Waals surface area contributed by atoms with Crippen LogP contribution in [0.4, 0.5) is 5.69 Å². The van der Waals surface area contributed by atoms with E-state index in [1.807, 2.05) is 37.4 Å². The summed E-state index contributed by atoms with van der Waals surface area (Å²) in [5.41, 5.74) is 3.04. The van der Waals surface area contributed by atoms with E-state index in [-0.39, 0.29) is 0 Å². The van der Waals surface area contributed by atoms with Crippen molar-refractivity contribution in [3.8, 4) is 22.8 Å². The van der Waals surface area contributed by atoms with Gasteiger partial charge in [-0.25, -0.2) is 4.98 Å². The van der Waals surface area contributed by atoms with Gasteiger partial charge in [-0.1, -0.05) is 6.07 Å². The predicted molar refractivity (Wildman–Crippen MR) is 72.3 cm³/mol. The first-order chi connectivity index (χ1) is 8.78. The number of hydrogen-bond donors (Lipinski definition) is 1. The number of aromatic nitrogens is 1. The van der Waals surface area contributed by atoms with E-state index in [4.69, 9.17) is 9.47 Å². The minimum absolute atomic E-state index is 0.609. The molecule has 4 heteroatoms. The van der Waals surface area contributed by atoms with Gasteiger partial charge >= 0.3 is 0 Å². The lowest BCUT2D eigenvalue weighted by atomic mass is 10.1. The summed E-state index contributed by atoms with van der Waals surface area (Å²) in [6, 6.07) is 9.80. The number of nitrogens with one attached hydrogen (secondary N) is 1. The Morgan fingerprint density at radius 2 is 1.78 bits per heavy atom. The number of pyridine rings is 1. The molecule has 0 aliphatic rings. The number of methoxy groups -OCH3 is 2. The molecule has 0 bridgehead atoms. The topological polar surface area (TPSA) is 43.4 Å². The van der Waals surface area contributed by atoms with Crippen LogP contribution in [0, 0.1) is 0 Å². The summed E-state index contributed by atoms with van der Waals surface area (Å²) < 4.78 is 10.4. The number of rotatable bonds is 4. The largest absolute Gasteiger partial charge is 0.495 e. The molecule has 0 unspecified atom stereocenters. The monoisotopic (exact) mass is 244 g/mol. The summed E-state index contributed by atoms with van der Waals surface area (Å²) in [5.74, 6) is 1.42. The van der Waals surface area contributed by atoms with Crippen molar-refractivity contribution < 1.29 is 9.47 Å². The van der Waals surface area contributed by atoms with Crippen molar-refractivity contribution in [2.24, 2.45) is 0 Å². The first kappa shape index (κ1) is 12.2. The molecule has 94 valence electrons. The lowest BCUT2D eigenvalue weighted by Crippen LogP contribution is -1.94. The summed E-state index contributed by atoms with van der Waals surface area (Å²) in [5, 5.41) is 3.08. The molecule has 0 aliphatic heterocycles. The molecule has 0 amide bonds. The van der Waals surface area contributed by atoms with Crippen LogP contribution in [0.3, 0.4) is 0 Å². The van der Waals surface area contributed by atoms with Gasteiger partial charge in [-0.3, -0.25) is 0 Å². The van der Waals surface area contributed by atoms with E-state index >= 15 is 0 Å². The van der Waals surface area contributed by atoms with E-state index in [9.17, 15) is 0 Å². The molecule has 0 aliphatic carbocycles. The lowest BCUT2D eigenvalue weighted by Gasteiger charge is -2.10. The zero-order valence-corrected chi connectivity index (χ0v) is 10.7. The average Bonchev–Trinajstić information content (AvgIpc) is 2.46. The second-order valence-corrected chi connectivity index (χ2v) is 3.75. The van der Waals surface area contributed by atoms with Crippen LogP contribution in [0.15, 0.2) is 36.5 Å². The van der Waals surface area contributed by atoms with Gasteiger partial charge in [0.1, 0.15) is 5.75 Å². The van der Waals surface area contributed by atoms with Gasteiger partial charge in [0.15, 0.2) is 0 Å². The van der Waals surface area contributed by atoms with Crippen LogP contribution in [0.2, 0.25) is 0 Å². The molecular formula is C14H16N2O2. The summed E-state index contributed by atoms with van der Waals surface area (Å²) >= 11 is 0. The van der Waals surface area contributed by atoms with Crippen molar-refractivity contribution in [1.82, 2.24) is 4.98 Å². The quantitative estimate of drug-likeness (QED) is 0.898. The van der Waals surface area contributed by atoms with Crippen molar-refractivity contribution >= 4 is 5.69 Å². The third-order valence-electron chi connectivity index (χ3n) is 2.75. The van der Waals surface area contributed by atoms with E-state index in [0.717, 1.165) is 22.6 Å². The molecule has 4 nitrogen and oxygen atoms in total. The molecule has 1 aromatic heterocycles. The second kappa shape index (κ2) is 5.40. The Bertz CT molecular complexity index is 524. The molecule has 18 heavy (non-hydrogen) atoms. The lowest BCUT2D eigenvalue weighted by molar-refractivity contribution is 0.398. The highest BCUT2D eigenvalue weighted by Gasteiger charge is 2.05. The van der Waals surface area contributed by atoms with Gasteiger partial charge in [0.25, 0.3) is 0 Å². The predicted octanol–water partition coefficient (Wildman–Crippen LogP) is 2.81. The van der Waals surface area contributed by atoms with Gasteiger partial charge in [0.2, 0.25) is 5.88 Å². The number of anilines is 1. The molecule has 1 heterocycles. The Morgan fingerprint density at radius 3 is 2.33 bits per heavy atom. The van der Waals surface area contributed by atoms with Crippen molar-refractivity contribution in [1.29, 1.82) is 0 Å². The maximum Gasteiger partial charge on any atom is 0.212 e. The average molecular weight is 244 g/mol. The van der Waals surface area contributed by atoms with Crippen LogP contribution in [-0.4, -0.2) is 26.3 Å². The van der Waals surface area contributed by atoms with Crippen molar-refractivity contribution in [2.75, 3.05) is 26.6 Å². The summed E-state index contributed by atoms with van der Waals surface area (Å²) in [4.78, 5) is 4.19. The molecule has 2 aromatic rings. The Morgan fingerprint density at radius 1 is 1.00 bits per heavy atom. The minimum Gasteiger partial charge on any atom is -0.495 e. The zero-order chi connectivity index (χ0) is 13.0. The first-order valence-corrected chi connectivity index (χ1v) is 5.64. The van der Waals surface area contributed by atoms with Gasteiger partial charge in [-0.2, -0.15) is 0 Å². The van der Waals surface area contributed by atoms with E-state index in [0.29, 0.717) is 5.88 Å². The number of hydrogen-bond acceptors (Lipinski definition) is 4. The molecular weight excluding hydrogens is 228 g/mol. The Kier molecular flexibility index (Phi) is 3.67. The third kappa shape index (κ3) is 2.37. The SMILES string of the molecule is CNc1ccc(-c2ccc(OC)nc2)cc1OC. The van der Waals surface area contributed by atoms with Crippen molar-refractivity contribution in [3.63, 3.8) is 0 Å². The van der Waals surface area contributed by atoms with E-state index in [1.54, 1.807) is 20.4 Å². The van der Waals surface area contributed by atoms with Gasteiger partial charge in [0.05, 0.1) is 19.9 Å². The zero-order valence-electron chi connectivity index (χ0n) is 10.7. The fourth-order valence-electron chi connectivity index (χ4n) is 1.75. The molecule has 0 radical (unpaired) electrons. The number of nitrogens with zero attached hydrogens (tertiary/aromatic N) is 1. The molecule has 0 atom stereocenters. The highest BCUT2D eigenvalue weighted by molar-refractivity contribution is 5.70. The molecule has 0 saturated heterocycles. The van der Waals surface area contributed by atoms with Crippen LogP contribution < -0.4 is 14.8 Å². The fraction of sp³-hybridized carbons (Fsp3) is 0.214. The third-order valence-corrected chi connectivity index (χ3v) is 2.75. The molecule has 1 aromatic carbocycles. The highest BCUT2D eigenvalue weighted by atomic mass is 16.5. The first-order valence-electron chi connectivity index (χ1n) is 5.64. The second-order valence-electron chi connectivity index (χ2n) is 3.75. The summed E-state index contributed by atoms with van der Waals surface area (Å²) in [6.07, 6.45) is 1.78. The molecule has 0 spiro atoms. The van der Waals surface area contributed by atoms with Gasteiger partial charge in [-0.15, -0.1) is 0 Å². The smallest absolute Gasteiger partial charge is 0.212 e. The van der Waals surface area contributed by atoms with E-state index < -0.39 is 0 Å². The van der Waals surface area contributed by atoms with Crippen molar-refractivity contribution in [2.45, 2.75) is 0 Å². The standard InChI is InChI=1S/C14H16N2O2/c1-15-12-6-4-10(8-13(12)17-2)11-5-7-14(18-3)16-9-11/h4-9,15H,1-3H3. The maximum atomic E-state index is 5.34. The van der Waals surface area contributed by atoms with E-state index in [2.05, 4.69) is 10.3 Å². The highest BCUT2D eigenvalue weighted by Crippen LogP contribution is 2.30.